The number of thiophene rings is 1. The van der Waals surface area contributed by atoms with E-state index in [0.29, 0.717) is 40.4 Å². The van der Waals surface area contributed by atoms with E-state index in [0.717, 1.165) is 22.6 Å². The molecule has 4 rings (SSSR count). The van der Waals surface area contributed by atoms with Crippen LogP contribution in [0.15, 0.2) is 67.1 Å². The van der Waals surface area contributed by atoms with Gasteiger partial charge >= 0.3 is 0 Å². The molecule has 0 aliphatic heterocycles. The number of aromatic nitrogens is 3. The first-order valence-electron chi connectivity index (χ1n) is 10.4. The Morgan fingerprint density at radius 3 is 2.61 bits per heavy atom. The predicted octanol–water partition coefficient (Wildman–Crippen LogP) is 5.53. The molecule has 33 heavy (non-hydrogen) atoms. The lowest BCUT2D eigenvalue weighted by atomic mass is 10.1. The van der Waals surface area contributed by atoms with Crippen molar-refractivity contribution in [3.05, 3.63) is 93.2 Å². The van der Waals surface area contributed by atoms with Gasteiger partial charge in [0.15, 0.2) is 0 Å². The van der Waals surface area contributed by atoms with Gasteiger partial charge in [-0.1, -0.05) is 29.3 Å². The van der Waals surface area contributed by atoms with Crippen LogP contribution in [0.5, 0.6) is 0 Å². The summed E-state index contributed by atoms with van der Waals surface area (Å²) < 4.78 is 0. The van der Waals surface area contributed by atoms with E-state index in [1.54, 1.807) is 30.7 Å². The quantitative estimate of drug-likeness (QED) is 0.317. The average Bonchev–Trinajstić information content (AvgIpc) is 3.32. The zero-order valence-electron chi connectivity index (χ0n) is 17.6. The molecule has 0 bridgehead atoms. The van der Waals surface area contributed by atoms with E-state index >= 15 is 0 Å². The van der Waals surface area contributed by atoms with Crippen molar-refractivity contribution in [1.82, 2.24) is 20.3 Å². The first kappa shape index (κ1) is 23.2. The van der Waals surface area contributed by atoms with Crippen molar-refractivity contribution in [2.75, 3.05) is 18.4 Å². The molecule has 1 aromatic carbocycles. The molecule has 2 N–H and O–H groups in total. The Labute approximate surface area is 206 Å². The number of hydrogen-bond acceptors (Lipinski definition) is 6. The number of carbonyl (C=O) groups excluding carboxylic acids is 1. The highest BCUT2D eigenvalue weighted by Gasteiger charge is 2.12. The number of nitrogens with one attached hydrogen (secondary N) is 2. The van der Waals surface area contributed by atoms with Crippen LogP contribution < -0.4 is 10.6 Å². The van der Waals surface area contributed by atoms with Gasteiger partial charge in [0.1, 0.15) is 0 Å². The van der Waals surface area contributed by atoms with Crippen LogP contribution in [0.2, 0.25) is 10.0 Å². The van der Waals surface area contributed by atoms with Crippen LogP contribution >= 0.6 is 34.5 Å². The van der Waals surface area contributed by atoms with Crippen molar-refractivity contribution in [1.29, 1.82) is 0 Å². The number of benzene rings is 1. The van der Waals surface area contributed by atoms with Crippen molar-refractivity contribution >= 4 is 46.4 Å². The maximum atomic E-state index is 12.6. The molecule has 3 heterocycles. The summed E-state index contributed by atoms with van der Waals surface area (Å²) in [5, 5.41) is 7.38. The third kappa shape index (κ3) is 6.51. The second-order valence-corrected chi connectivity index (χ2v) is 9.13. The molecule has 4 aromatic rings. The van der Waals surface area contributed by atoms with E-state index in [9.17, 15) is 4.79 Å². The van der Waals surface area contributed by atoms with Crippen LogP contribution in [0.1, 0.15) is 20.8 Å². The van der Waals surface area contributed by atoms with Crippen molar-refractivity contribution in [2.45, 2.75) is 12.8 Å². The molecule has 9 heteroatoms. The van der Waals surface area contributed by atoms with Crippen LogP contribution in [0.25, 0.3) is 10.6 Å². The van der Waals surface area contributed by atoms with Gasteiger partial charge in [0.2, 0.25) is 5.95 Å². The number of nitrogens with zero attached hydrogens (tertiary/aromatic N) is 3. The highest BCUT2D eigenvalue weighted by Crippen LogP contribution is 2.27. The number of halogens is 2. The monoisotopic (exact) mass is 497 g/mol. The summed E-state index contributed by atoms with van der Waals surface area (Å²) in [5.41, 5.74) is 2.91. The molecule has 0 aliphatic rings. The van der Waals surface area contributed by atoms with Crippen LogP contribution in [-0.4, -0.2) is 33.9 Å². The van der Waals surface area contributed by atoms with Gasteiger partial charge in [0, 0.05) is 41.7 Å². The normalized spacial score (nSPS) is 10.7. The molecular weight excluding hydrogens is 477 g/mol. The Bertz CT molecular complexity index is 1230. The summed E-state index contributed by atoms with van der Waals surface area (Å²) in [5.74, 6) is 0.432. The molecule has 0 radical (unpaired) electrons. The van der Waals surface area contributed by atoms with Gasteiger partial charge in [0.25, 0.3) is 5.91 Å². The van der Waals surface area contributed by atoms with Crippen molar-refractivity contribution in [3.8, 4) is 10.6 Å². The molecule has 6 nitrogen and oxygen atoms in total. The third-order valence-electron chi connectivity index (χ3n) is 4.88. The summed E-state index contributed by atoms with van der Waals surface area (Å²) in [7, 11) is 0. The van der Waals surface area contributed by atoms with Gasteiger partial charge in [-0.05, 0) is 66.4 Å². The number of carbonyl (C=O) groups is 1. The predicted molar refractivity (Wildman–Crippen MR) is 134 cm³/mol. The summed E-state index contributed by atoms with van der Waals surface area (Å²) in [4.78, 5) is 27.0. The highest BCUT2D eigenvalue weighted by atomic mass is 35.5. The zero-order chi connectivity index (χ0) is 23.0. The number of amides is 1. The minimum absolute atomic E-state index is 0.124. The van der Waals surface area contributed by atoms with Gasteiger partial charge in [-0.3, -0.25) is 9.78 Å². The minimum atomic E-state index is -0.124. The van der Waals surface area contributed by atoms with Gasteiger partial charge in [-0.25, -0.2) is 9.97 Å². The molecule has 0 unspecified atom stereocenters. The highest BCUT2D eigenvalue weighted by molar-refractivity contribution is 7.17. The molecule has 0 aliphatic carbocycles. The van der Waals surface area contributed by atoms with E-state index in [4.69, 9.17) is 23.2 Å². The SMILES string of the molecule is O=C(NCCc1ccc(Cl)cc1Cl)c1ccc(-c2ccnc(NCCc3ccncc3)n2)s1. The van der Waals surface area contributed by atoms with E-state index in [2.05, 4.69) is 25.6 Å². The third-order valence-corrected chi connectivity index (χ3v) is 6.57. The number of rotatable bonds is 9. The van der Waals surface area contributed by atoms with Gasteiger partial charge in [-0.15, -0.1) is 11.3 Å². The Hall–Kier alpha value is -3.00. The van der Waals surface area contributed by atoms with Crippen LogP contribution in [0.4, 0.5) is 5.95 Å². The first-order valence-corrected chi connectivity index (χ1v) is 11.9. The number of anilines is 1. The molecule has 0 spiro atoms. The van der Waals surface area contributed by atoms with E-state index in [1.807, 2.05) is 36.4 Å². The fourth-order valence-corrected chi connectivity index (χ4v) is 4.56. The number of hydrogen-bond donors (Lipinski definition) is 2. The Morgan fingerprint density at radius 1 is 0.939 bits per heavy atom. The minimum Gasteiger partial charge on any atom is -0.354 e. The molecule has 0 saturated heterocycles. The summed E-state index contributed by atoms with van der Waals surface area (Å²) in [6.45, 7) is 1.19. The molecule has 0 atom stereocenters. The van der Waals surface area contributed by atoms with Crippen molar-refractivity contribution in [3.63, 3.8) is 0 Å². The lowest BCUT2D eigenvalue weighted by Crippen LogP contribution is -2.24. The van der Waals surface area contributed by atoms with E-state index in [1.165, 1.54) is 16.9 Å². The van der Waals surface area contributed by atoms with Crippen LogP contribution in [-0.2, 0) is 12.8 Å². The zero-order valence-corrected chi connectivity index (χ0v) is 19.9. The van der Waals surface area contributed by atoms with Crippen molar-refractivity contribution < 1.29 is 4.79 Å². The first-order chi connectivity index (χ1) is 16.1. The smallest absolute Gasteiger partial charge is 0.261 e. The number of pyridine rings is 1. The topological polar surface area (TPSA) is 79.8 Å². The van der Waals surface area contributed by atoms with Gasteiger partial charge in [-0.2, -0.15) is 0 Å². The molecular formula is C24H21Cl2N5OS. The molecule has 0 fully saturated rings. The fourth-order valence-electron chi connectivity index (χ4n) is 3.17. The second-order valence-electron chi connectivity index (χ2n) is 7.20. The Balaban J connectivity index is 1.31. The molecule has 168 valence electrons. The maximum absolute atomic E-state index is 12.6. The van der Waals surface area contributed by atoms with E-state index < -0.39 is 0 Å². The van der Waals surface area contributed by atoms with Crippen molar-refractivity contribution in [2.24, 2.45) is 0 Å². The summed E-state index contributed by atoms with van der Waals surface area (Å²) in [6, 6.07) is 14.9. The van der Waals surface area contributed by atoms with Crippen LogP contribution in [0.3, 0.4) is 0 Å². The Morgan fingerprint density at radius 2 is 1.79 bits per heavy atom. The standard InChI is InChI=1S/C24H21Cl2N5OS/c25-18-2-1-17(19(26)15-18)8-13-28-23(32)22-4-3-21(33-22)20-9-14-30-24(31-20)29-12-7-16-5-10-27-11-6-16/h1-6,9-11,14-15H,7-8,12-13H2,(H,28,32)(H,29,30,31). The van der Waals surface area contributed by atoms with Crippen LogP contribution in [0, 0.1) is 0 Å². The molecule has 0 saturated carbocycles. The largest absolute Gasteiger partial charge is 0.354 e. The molecule has 3 aromatic heterocycles. The summed E-state index contributed by atoms with van der Waals surface area (Å²) >= 11 is 13.5. The van der Waals surface area contributed by atoms with Gasteiger partial charge < -0.3 is 10.6 Å². The average molecular weight is 498 g/mol. The van der Waals surface area contributed by atoms with E-state index in [-0.39, 0.29) is 5.91 Å². The molecule has 1 amide bonds. The summed E-state index contributed by atoms with van der Waals surface area (Å²) in [6.07, 6.45) is 6.75. The maximum Gasteiger partial charge on any atom is 0.261 e. The van der Waals surface area contributed by atoms with Gasteiger partial charge in [0.05, 0.1) is 15.4 Å². The Kier molecular flexibility index (Phi) is 7.88. The lowest BCUT2D eigenvalue weighted by molar-refractivity contribution is 0.0958. The second kappa shape index (κ2) is 11.2. The fraction of sp³-hybridized carbons (Fsp3) is 0.167. The lowest BCUT2D eigenvalue weighted by Gasteiger charge is -2.06.